The summed E-state index contributed by atoms with van der Waals surface area (Å²) in [6.07, 6.45) is 4.81. The summed E-state index contributed by atoms with van der Waals surface area (Å²) in [5.41, 5.74) is 6.24. The molecule has 1 aliphatic rings. The second-order valence-electron chi connectivity index (χ2n) is 11.0. The van der Waals surface area contributed by atoms with Gasteiger partial charge in [0.1, 0.15) is 5.82 Å². The predicted octanol–water partition coefficient (Wildman–Crippen LogP) is 7.23. The molecule has 3 aromatic rings. The van der Waals surface area contributed by atoms with Crippen molar-refractivity contribution in [2.75, 3.05) is 5.32 Å². The van der Waals surface area contributed by atoms with Gasteiger partial charge < -0.3 is 15.5 Å². The summed E-state index contributed by atoms with van der Waals surface area (Å²) >= 11 is 0. The molecule has 0 aliphatic heterocycles. The fourth-order valence-electron chi connectivity index (χ4n) is 4.97. The maximum absolute atomic E-state index is 13.4. The van der Waals surface area contributed by atoms with Gasteiger partial charge in [-0.25, -0.2) is 9.18 Å². The normalized spacial score (nSPS) is 16.9. The van der Waals surface area contributed by atoms with Gasteiger partial charge in [-0.2, -0.15) is 0 Å². The molecule has 4 rings (SSSR count). The molecule has 0 heterocycles. The number of aromatic carboxylic acids is 1. The van der Waals surface area contributed by atoms with Gasteiger partial charge >= 0.3 is 5.97 Å². The summed E-state index contributed by atoms with van der Waals surface area (Å²) in [7, 11) is 0. The molecular weight excluding hydrogens is 453 g/mol. The zero-order valence-corrected chi connectivity index (χ0v) is 21.3. The second-order valence-corrected chi connectivity index (χ2v) is 11.0. The lowest BCUT2D eigenvalue weighted by molar-refractivity contribution is 0.0697. The van der Waals surface area contributed by atoms with Crippen molar-refractivity contribution in [3.05, 3.63) is 106 Å². The third-order valence-corrected chi connectivity index (χ3v) is 7.31. The Morgan fingerprint density at radius 3 is 2.28 bits per heavy atom. The third-order valence-electron chi connectivity index (χ3n) is 7.31. The van der Waals surface area contributed by atoms with E-state index < -0.39 is 12.1 Å². The number of benzene rings is 3. The van der Waals surface area contributed by atoms with Gasteiger partial charge in [0.25, 0.3) is 0 Å². The Bertz CT molecular complexity index is 1270. The summed E-state index contributed by atoms with van der Waals surface area (Å²) in [5, 5.41) is 23.8. The molecule has 0 saturated carbocycles. The molecule has 0 aromatic heterocycles. The molecule has 0 radical (unpaired) electrons. The van der Waals surface area contributed by atoms with E-state index in [1.54, 1.807) is 48.6 Å². The maximum Gasteiger partial charge on any atom is 0.335 e. The van der Waals surface area contributed by atoms with Crippen molar-refractivity contribution in [3.63, 3.8) is 0 Å². The summed E-state index contributed by atoms with van der Waals surface area (Å²) < 4.78 is 13.4. The number of rotatable bonds is 7. The highest BCUT2D eigenvalue weighted by molar-refractivity contribution is 5.87. The molecule has 3 aromatic carbocycles. The van der Waals surface area contributed by atoms with Gasteiger partial charge in [0.2, 0.25) is 0 Å². The maximum atomic E-state index is 13.4. The number of aliphatic hydroxyl groups is 1. The van der Waals surface area contributed by atoms with Crippen LogP contribution in [0.15, 0.2) is 66.7 Å². The number of nitrogens with one attached hydrogen (secondary N) is 1. The quantitative estimate of drug-likeness (QED) is 0.329. The molecule has 0 fully saturated rings. The topological polar surface area (TPSA) is 69.6 Å². The SMILES string of the molecule is CC1(C)CCC(C)(C)c2c(NCc3ccc(F)cc3)cc(C(O)/C=C/c3ccc(C(=O)O)cc3)cc21. The van der Waals surface area contributed by atoms with E-state index in [-0.39, 0.29) is 22.2 Å². The van der Waals surface area contributed by atoms with Crippen molar-refractivity contribution in [2.45, 2.75) is 64.0 Å². The molecule has 5 heteroatoms. The van der Waals surface area contributed by atoms with E-state index in [1.165, 1.54) is 23.3 Å². The average molecular weight is 488 g/mol. The molecule has 0 spiro atoms. The lowest BCUT2D eigenvalue weighted by atomic mass is 9.62. The van der Waals surface area contributed by atoms with E-state index in [1.807, 2.05) is 6.07 Å². The molecule has 3 N–H and O–H groups in total. The van der Waals surface area contributed by atoms with Gasteiger partial charge in [-0.3, -0.25) is 0 Å². The van der Waals surface area contributed by atoms with Crippen LogP contribution in [0.1, 0.15) is 84.8 Å². The molecule has 36 heavy (non-hydrogen) atoms. The Labute approximate surface area is 212 Å². The van der Waals surface area contributed by atoms with Crippen LogP contribution in [0.25, 0.3) is 6.08 Å². The van der Waals surface area contributed by atoms with Gasteiger partial charge in [-0.05, 0) is 81.8 Å². The molecule has 0 amide bonds. The molecule has 1 atom stereocenters. The number of carboxylic acids is 1. The van der Waals surface area contributed by atoms with Crippen LogP contribution in [0.5, 0.6) is 0 Å². The number of aliphatic hydroxyl groups excluding tert-OH is 1. The zero-order valence-electron chi connectivity index (χ0n) is 21.3. The number of hydrogen-bond donors (Lipinski definition) is 3. The van der Waals surface area contributed by atoms with E-state index in [4.69, 9.17) is 5.11 Å². The standard InChI is InChI=1S/C31H34FNO3/c1-30(2)15-16-31(3,4)28-25(30)17-23(18-26(28)33-19-21-7-12-24(32)13-8-21)27(34)14-9-20-5-10-22(11-6-20)29(35)36/h5-14,17-18,27,33-34H,15-16,19H2,1-4H3,(H,35,36)/b14-9+. The number of carbonyl (C=O) groups is 1. The number of halogens is 1. The smallest absolute Gasteiger partial charge is 0.335 e. The highest BCUT2D eigenvalue weighted by Gasteiger charge is 2.39. The van der Waals surface area contributed by atoms with Crippen LogP contribution in [0, 0.1) is 5.82 Å². The first kappa shape index (κ1) is 25.6. The van der Waals surface area contributed by atoms with Crippen LogP contribution < -0.4 is 5.32 Å². The Morgan fingerprint density at radius 1 is 1.00 bits per heavy atom. The average Bonchev–Trinajstić information content (AvgIpc) is 2.85. The Balaban J connectivity index is 1.69. The Hall–Kier alpha value is -3.44. The molecule has 1 unspecified atom stereocenters. The van der Waals surface area contributed by atoms with Crippen LogP contribution in [0.2, 0.25) is 0 Å². The first-order valence-corrected chi connectivity index (χ1v) is 12.3. The van der Waals surface area contributed by atoms with Gasteiger partial charge in [-0.15, -0.1) is 0 Å². The minimum Gasteiger partial charge on any atom is -0.478 e. The summed E-state index contributed by atoms with van der Waals surface area (Å²) in [6, 6.07) is 17.2. The van der Waals surface area contributed by atoms with Gasteiger partial charge in [0, 0.05) is 12.2 Å². The van der Waals surface area contributed by atoms with Crippen molar-refractivity contribution < 1.29 is 19.4 Å². The molecular formula is C31H34FNO3. The van der Waals surface area contributed by atoms with Crippen LogP contribution >= 0.6 is 0 Å². The van der Waals surface area contributed by atoms with Gasteiger partial charge in [0.15, 0.2) is 0 Å². The summed E-state index contributed by atoms with van der Waals surface area (Å²) in [5.74, 6) is -1.22. The predicted molar refractivity (Wildman–Crippen MR) is 143 cm³/mol. The minimum atomic E-state index is -0.967. The highest BCUT2D eigenvalue weighted by Crippen LogP contribution is 2.49. The van der Waals surface area contributed by atoms with Crippen LogP contribution in [0.3, 0.4) is 0 Å². The lowest BCUT2D eigenvalue weighted by Crippen LogP contribution is -2.35. The fraction of sp³-hybridized carbons (Fsp3) is 0.323. The monoisotopic (exact) mass is 487 g/mol. The minimum absolute atomic E-state index is 0.0266. The largest absolute Gasteiger partial charge is 0.478 e. The number of fused-ring (bicyclic) bond motifs is 1. The Kier molecular flexibility index (Phi) is 7.05. The van der Waals surface area contributed by atoms with Gasteiger partial charge in [0.05, 0.1) is 11.7 Å². The van der Waals surface area contributed by atoms with E-state index in [0.717, 1.165) is 35.2 Å². The van der Waals surface area contributed by atoms with E-state index in [9.17, 15) is 14.3 Å². The number of carboxylic acid groups (broad SMARTS) is 1. The molecule has 4 nitrogen and oxygen atoms in total. The van der Waals surface area contributed by atoms with Crippen molar-refractivity contribution >= 4 is 17.7 Å². The van der Waals surface area contributed by atoms with Crippen molar-refractivity contribution in [2.24, 2.45) is 0 Å². The van der Waals surface area contributed by atoms with E-state index in [2.05, 4.69) is 39.1 Å². The fourth-order valence-corrected chi connectivity index (χ4v) is 4.97. The van der Waals surface area contributed by atoms with Gasteiger partial charge in [-0.1, -0.05) is 70.2 Å². The van der Waals surface area contributed by atoms with Crippen molar-refractivity contribution in [3.8, 4) is 0 Å². The number of anilines is 1. The molecule has 0 bridgehead atoms. The van der Waals surface area contributed by atoms with E-state index >= 15 is 0 Å². The first-order valence-electron chi connectivity index (χ1n) is 12.3. The third kappa shape index (κ3) is 5.52. The zero-order chi connectivity index (χ0) is 26.1. The van der Waals surface area contributed by atoms with E-state index in [0.29, 0.717) is 6.54 Å². The van der Waals surface area contributed by atoms with Crippen molar-refractivity contribution in [1.82, 2.24) is 0 Å². The number of hydrogen-bond acceptors (Lipinski definition) is 3. The molecule has 188 valence electrons. The van der Waals surface area contributed by atoms with Crippen LogP contribution in [-0.4, -0.2) is 16.2 Å². The molecule has 1 aliphatic carbocycles. The Morgan fingerprint density at radius 2 is 1.64 bits per heavy atom. The highest BCUT2D eigenvalue weighted by atomic mass is 19.1. The summed E-state index contributed by atoms with van der Waals surface area (Å²) in [6.45, 7) is 9.58. The first-order chi connectivity index (χ1) is 17.0. The second kappa shape index (κ2) is 9.90. The molecule has 0 saturated heterocycles. The summed E-state index contributed by atoms with van der Waals surface area (Å²) in [4.78, 5) is 11.1. The van der Waals surface area contributed by atoms with Crippen LogP contribution in [-0.2, 0) is 17.4 Å². The van der Waals surface area contributed by atoms with Crippen LogP contribution in [0.4, 0.5) is 10.1 Å². The van der Waals surface area contributed by atoms with Crippen molar-refractivity contribution in [1.29, 1.82) is 0 Å². The lowest BCUT2D eigenvalue weighted by Gasteiger charge is -2.43.